The molecule has 27 heavy (non-hydrogen) atoms. The van der Waals surface area contributed by atoms with Crippen LogP contribution in [0.3, 0.4) is 0 Å². The molecule has 0 saturated heterocycles. The third-order valence-electron chi connectivity index (χ3n) is 3.90. The summed E-state index contributed by atoms with van der Waals surface area (Å²) in [5.74, 6) is -0.142. The predicted octanol–water partition coefficient (Wildman–Crippen LogP) is 3.55. The molecule has 6 nitrogen and oxygen atoms in total. The number of carbonyl (C=O) groups excluding carboxylic acids is 1. The standard InChI is InChI=1S/C20H20ClN5O/c1-2-10-25(12-16-6-4-3-5-7-16)13-20(27)24-18-11-17(21)8-9-19(18)26-15-22-14-23-26/h2-9,11,14-15H,1,10,12-13H2,(H,24,27). The number of nitrogens with zero attached hydrogens (tertiary/aromatic N) is 4. The lowest BCUT2D eigenvalue weighted by atomic mass is 10.2. The van der Waals surface area contributed by atoms with Crippen molar-refractivity contribution in [2.75, 3.05) is 18.4 Å². The van der Waals surface area contributed by atoms with Crippen molar-refractivity contribution < 1.29 is 4.79 Å². The highest BCUT2D eigenvalue weighted by atomic mass is 35.5. The third kappa shape index (κ3) is 5.26. The van der Waals surface area contributed by atoms with E-state index >= 15 is 0 Å². The molecule has 0 saturated carbocycles. The molecule has 0 radical (unpaired) electrons. The molecule has 1 amide bonds. The van der Waals surface area contributed by atoms with Gasteiger partial charge in [-0.15, -0.1) is 6.58 Å². The molecule has 0 fully saturated rings. The van der Waals surface area contributed by atoms with Crippen LogP contribution in [0.2, 0.25) is 5.02 Å². The predicted molar refractivity (Wildman–Crippen MR) is 107 cm³/mol. The lowest BCUT2D eigenvalue weighted by molar-refractivity contribution is -0.117. The second-order valence-electron chi connectivity index (χ2n) is 5.99. The number of carbonyl (C=O) groups is 1. The lowest BCUT2D eigenvalue weighted by Crippen LogP contribution is -2.33. The molecule has 1 aromatic heterocycles. The van der Waals surface area contributed by atoms with Gasteiger partial charge in [-0.1, -0.05) is 48.0 Å². The van der Waals surface area contributed by atoms with Crippen LogP contribution in [0.1, 0.15) is 5.56 Å². The lowest BCUT2D eigenvalue weighted by Gasteiger charge is -2.21. The number of amides is 1. The third-order valence-corrected chi connectivity index (χ3v) is 4.14. The first kappa shape index (κ1) is 18.8. The van der Waals surface area contributed by atoms with Crippen molar-refractivity contribution in [2.45, 2.75) is 6.54 Å². The highest BCUT2D eigenvalue weighted by Gasteiger charge is 2.14. The van der Waals surface area contributed by atoms with E-state index in [9.17, 15) is 4.79 Å². The molecule has 7 heteroatoms. The number of halogens is 1. The molecule has 0 aliphatic carbocycles. The molecule has 138 valence electrons. The summed E-state index contributed by atoms with van der Waals surface area (Å²) in [4.78, 5) is 18.6. The Morgan fingerprint density at radius 3 is 2.78 bits per heavy atom. The smallest absolute Gasteiger partial charge is 0.238 e. The summed E-state index contributed by atoms with van der Waals surface area (Å²) < 4.78 is 1.58. The molecule has 0 atom stereocenters. The second-order valence-corrected chi connectivity index (χ2v) is 6.43. The van der Waals surface area contributed by atoms with E-state index in [0.29, 0.717) is 29.5 Å². The summed E-state index contributed by atoms with van der Waals surface area (Å²) in [6, 6.07) is 15.2. The van der Waals surface area contributed by atoms with Crippen LogP contribution in [-0.4, -0.2) is 38.7 Å². The van der Waals surface area contributed by atoms with Crippen molar-refractivity contribution in [3.8, 4) is 5.69 Å². The summed E-state index contributed by atoms with van der Waals surface area (Å²) in [6.07, 6.45) is 4.79. The highest BCUT2D eigenvalue weighted by Crippen LogP contribution is 2.24. The largest absolute Gasteiger partial charge is 0.323 e. The minimum atomic E-state index is -0.142. The average Bonchev–Trinajstić information content (AvgIpc) is 3.17. The zero-order chi connectivity index (χ0) is 19.1. The number of aromatic nitrogens is 3. The van der Waals surface area contributed by atoms with Crippen molar-refractivity contribution in [3.05, 3.63) is 84.4 Å². The second kappa shape index (κ2) is 9.12. The van der Waals surface area contributed by atoms with Crippen LogP contribution in [-0.2, 0) is 11.3 Å². The number of nitrogens with one attached hydrogen (secondary N) is 1. The van der Waals surface area contributed by atoms with Gasteiger partial charge in [0.05, 0.1) is 17.9 Å². The van der Waals surface area contributed by atoms with Gasteiger partial charge in [0.25, 0.3) is 0 Å². The molecular weight excluding hydrogens is 362 g/mol. The maximum absolute atomic E-state index is 12.6. The molecule has 3 aromatic rings. The van der Waals surface area contributed by atoms with E-state index < -0.39 is 0 Å². The van der Waals surface area contributed by atoms with Crippen LogP contribution in [0.5, 0.6) is 0 Å². The van der Waals surface area contributed by atoms with Gasteiger partial charge in [0.2, 0.25) is 5.91 Å². The summed E-state index contributed by atoms with van der Waals surface area (Å²) in [7, 11) is 0. The van der Waals surface area contributed by atoms with Crippen LogP contribution in [0, 0.1) is 0 Å². The van der Waals surface area contributed by atoms with Gasteiger partial charge in [0.15, 0.2) is 0 Å². The van der Waals surface area contributed by atoms with E-state index in [4.69, 9.17) is 11.6 Å². The quantitative estimate of drug-likeness (QED) is 0.606. The zero-order valence-electron chi connectivity index (χ0n) is 14.8. The monoisotopic (exact) mass is 381 g/mol. The van der Waals surface area contributed by atoms with Gasteiger partial charge in [-0.25, -0.2) is 9.67 Å². The molecule has 0 bridgehead atoms. The van der Waals surface area contributed by atoms with Crippen LogP contribution >= 0.6 is 11.6 Å². The number of hydrogen-bond acceptors (Lipinski definition) is 4. The van der Waals surface area contributed by atoms with Gasteiger partial charge in [0.1, 0.15) is 12.7 Å². The first-order chi connectivity index (χ1) is 13.2. The van der Waals surface area contributed by atoms with E-state index in [1.54, 1.807) is 35.3 Å². The van der Waals surface area contributed by atoms with E-state index in [1.165, 1.54) is 6.33 Å². The highest BCUT2D eigenvalue weighted by molar-refractivity contribution is 6.31. The summed E-state index contributed by atoms with van der Waals surface area (Å²) >= 11 is 6.10. The molecule has 1 N–H and O–H groups in total. The Morgan fingerprint density at radius 1 is 1.26 bits per heavy atom. The number of anilines is 1. The first-order valence-corrected chi connectivity index (χ1v) is 8.85. The van der Waals surface area contributed by atoms with E-state index in [2.05, 4.69) is 22.0 Å². The SMILES string of the molecule is C=CCN(CC(=O)Nc1cc(Cl)ccc1-n1cncn1)Cc1ccccc1. The molecule has 2 aromatic carbocycles. The molecule has 0 unspecified atom stereocenters. The fourth-order valence-electron chi connectivity index (χ4n) is 2.74. The van der Waals surface area contributed by atoms with Crippen LogP contribution < -0.4 is 5.32 Å². The molecule has 0 spiro atoms. The van der Waals surface area contributed by atoms with Crippen molar-refractivity contribution in [2.24, 2.45) is 0 Å². The topological polar surface area (TPSA) is 63.1 Å². The Hall–Kier alpha value is -2.96. The Bertz CT molecular complexity index is 896. The van der Waals surface area contributed by atoms with Gasteiger partial charge < -0.3 is 5.32 Å². The molecule has 0 aliphatic rings. The fourth-order valence-corrected chi connectivity index (χ4v) is 2.91. The van der Waals surface area contributed by atoms with Gasteiger partial charge in [0, 0.05) is 18.1 Å². The summed E-state index contributed by atoms with van der Waals surface area (Å²) in [5.41, 5.74) is 2.41. The van der Waals surface area contributed by atoms with E-state index in [-0.39, 0.29) is 12.5 Å². The zero-order valence-corrected chi connectivity index (χ0v) is 15.5. The summed E-state index contributed by atoms with van der Waals surface area (Å²) in [6.45, 7) is 5.27. The van der Waals surface area contributed by atoms with E-state index in [1.807, 2.05) is 35.2 Å². The number of rotatable bonds is 8. The van der Waals surface area contributed by atoms with Crippen LogP contribution in [0.15, 0.2) is 73.8 Å². The Balaban J connectivity index is 1.72. The van der Waals surface area contributed by atoms with Crippen LogP contribution in [0.25, 0.3) is 5.69 Å². The Kier molecular flexibility index (Phi) is 6.35. The molecule has 3 rings (SSSR count). The van der Waals surface area contributed by atoms with Gasteiger partial charge in [-0.05, 0) is 23.8 Å². The Morgan fingerprint density at radius 2 is 2.07 bits per heavy atom. The van der Waals surface area contributed by atoms with Crippen molar-refractivity contribution in [3.63, 3.8) is 0 Å². The minimum Gasteiger partial charge on any atom is -0.323 e. The van der Waals surface area contributed by atoms with Crippen molar-refractivity contribution in [1.29, 1.82) is 0 Å². The average molecular weight is 382 g/mol. The van der Waals surface area contributed by atoms with Crippen molar-refractivity contribution >= 4 is 23.2 Å². The van der Waals surface area contributed by atoms with Gasteiger partial charge in [-0.2, -0.15) is 5.10 Å². The number of hydrogen-bond donors (Lipinski definition) is 1. The summed E-state index contributed by atoms with van der Waals surface area (Å²) in [5, 5.41) is 7.57. The molecule has 0 aliphatic heterocycles. The maximum Gasteiger partial charge on any atom is 0.238 e. The number of benzene rings is 2. The Labute approximate surface area is 163 Å². The normalized spacial score (nSPS) is 10.7. The molecule has 1 heterocycles. The van der Waals surface area contributed by atoms with Crippen molar-refractivity contribution in [1.82, 2.24) is 19.7 Å². The molecular formula is C20H20ClN5O. The first-order valence-electron chi connectivity index (χ1n) is 8.47. The van der Waals surface area contributed by atoms with Crippen LogP contribution in [0.4, 0.5) is 5.69 Å². The minimum absolute atomic E-state index is 0.142. The van der Waals surface area contributed by atoms with E-state index in [0.717, 1.165) is 5.56 Å². The van der Waals surface area contributed by atoms with Gasteiger partial charge in [-0.3, -0.25) is 9.69 Å². The maximum atomic E-state index is 12.6. The van der Waals surface area contributed by atoms with Gasteiger partial charge >= 0.3 is 0 Å². The fraction of sp³-hybridized carbons (Fsp3) is 0.150.